The molecule has 5 nitrogen and oxygen atoms in total. The van der Waals surface area contributed by atoms with Crippen molar-refractivity contribution >= 4 is 0 Å². The van der Waals surface area contributed by atoms with Crippen LogP contribution >= 0.6 is 0 Å². The summed E-state index contributed by atoms with van der Waals surface area (Å²) in [5.41, 5.74) is -1.38. The molecule has 1 saturated carbocycles. The van der Waals surface area contributed by atoms with Crippen molar-refractivity contribution in [1.29, 1.82) is 0 Å². The zero-order valence-electron chi connectivity index (χ0n) is 13.5. The van der Waals surface area contributed by atoms with Crippen LogP contribution in [0.1, 0.15) is 12.0 Å². The zero-order chi connectivity index (χ0) is 18.2. The topological polar surface area (TPSA) is 67.2 Å². The largest absolute Gasteiger partial charge is 0.507 e. The van der Waals surface area contributed by atoms with Gasteiger partial charge in [0.15, 0.2) is 0 Å². The van der Waals surface area contributed by atoms with E-state index in [1.54, 1.807) is 0 Å². The Bertz CT molecular complexity index is 825. The zero-order valence-corrected chi connectivity index (χ0v) is 13.5. The second-order valence-electron chi connectivity index (χ2n) is 6.37. The summed E-state index contributed by atoms with van der Waals surface area (Å²) < 4.78 is 38.5. The van der Waals surface area contributed by atoms with Gasteiger partial charge in [-0.15, -0.1) is 0 Å². The molecule has 1 aliphatic carbocycles. The van der Waals surface area contributed by atoms with Gasteiger partial charge in [0.1, 0.15) is 5.75 Å². The fraction of sp³-hybridized carbons (Fsp3) is 0.412. The minimum Gasteiger partial charge on any atom is -0.507 e. The lowest BCUT2D eigenvalue weighted by Crippen LogP contribution is -2.18. The van der Waals surface area contributed by atoms with Gasteiger partial charge in [-0.2, -0.15) is 13.2 Å². The van der Waals surface area contributed by atoms with Gasteiger partial charge in [-0.3, -0.25) is 4.79 Å². The molecule has 2 fully saturated rings. The SMILES string of the molecule is C1NC[C@H]2CC12.Cn1cncc(-c2ccc(C(F)(F)F)cc2O)c1=O. The standard InChI is InChI=1S/C12H9F3N2O2.C5H9N/c1-17-6-16-5-9(11(17)19)8-3-2-7(4-10(8)18)12(13,14)15;1-4-2-6-3-5(1)4/h2-6,18H,1H3;4-6H,1-3H2/t;4-,5?/m.1/s1. The van der Waals surface area contributed by atoms with Crippen molar-refractivity contribution in [3.63, 3.8) is 0 Å². The summed E-state index contributed by atoms with van der Waals surface area (Å²) in [6.45, 7) is 2.62. The van der Waals surface area contributed by atoms with E-state index in [-0.39, 0.29) is 11.1 Å². The quantitative estimate of drug-likeness (QED) is 0.826. The number of nitrogens with one attached hydrogen (secondary N) is 1. The molecule has 0 spiro atoms. The molecule has 0 bridgehead atoms. The predicted molar refractivity (Wildman–Crippen MR) is 86.0 cm³/mol. The van der Waals surface area contributed by atoms with Crippen molar-refractivity contribution < 1.29 is 18.3 Å². The van der Waals surface area contributed by atoms with Crippen molar-refractivity contribution in [3.05, 3.63) is 46.6 Å². The lowest BCUT2D eigenvalue weighted by atomic mass is 10.0. The molecule has 0 radical (unpaired) electrons. The Balaban J connectivity index is 0.000000250. The first kappa shape index (κ1) is 17.5. The van der Waals surface area contributed by atoms with Crippen LogP contribution in [-0.4, -0.2) is 27.7 Å². The molecule has 1 unspecified atom stereocenters. The van der Waals surface area contributed by atoms with Crippen molar-refractivity contribution in [2.24, 2.45) is 18.9 Å². The van der Waals surface area contributed by atoms with Gasteiger partial charge in [-0.25, -0.2) is 4.98 Å². The fourth-order valence-corrected chi connectivity index (χ4v) is 2.89. The number of aromatic nitrogens is 2. The van der Waals surface area contributed by atoms with Gasteiger partial charge in [-0.05, 0) is 49.5 Å². The highest BCUT2D eigenvalue weighted by molar-refractivity contribution is 5.69. The Labute approximate surface area is 142 Å². The highest BCUT2D eigenvalue weighted by atomic mass is 19.4. The van der Waals surface area contributed by atoms with E-state index < -0.39 is 23.0 Å². The normalized spacial score (nSPS) is 21.3. The van der Waals surface area contributed by atoms with Crippen LogP contribution in [0.3, 0.4) is 0 Å². The molecule has 2 heterocycles. The average molecular weight is 353 g/mol. The second-order valence-corrected chi connectivity index (χ2v) is 6.37. The summed E-state index contributed by atoms with van der Waals surface area (Å²) >= 11 is 0. The smallest absolute Gasteiger partial charge is 0.416 e. The number of benzene rings is 1. The third-order valence-electron chi connectivity index (χ3n) is 4.49. The lowest BCUT2D eigenvalue weighted by Gasteiger charge is -2.10. The number of aromatic hydroxyl groups is 1. The number of halogens is 3. The van der Waals surface area contributed by atoms with Crippen LogP contribution in [0.2, 0.25) is 0 Å². The molecule has 2 aromatic rings. The number of aryl methyl sites for hydroxylation is 1. The summed E-state index contributed by atoms with van der Waals surface area (Å²) in [6, 6.07) is 2.44. The first-order chi connectivity index (χ1) is 11.8. The molecular weight excluding hydrogens is 335 g/mol. The van der Waals surface area contributed by atoms with Gasteiger partial charge in [0.05, 0.1) is 17.5 Å². The van der Waals surface area contributed by atoms with E-state index >= 15 is 0 Å². The van der Waals surface area contributed by atoms with Crippen LogP contribution in [0.4, 0.5) is 13.2 Å². The van der Waals surface area contributed by atoms with Gasteiger partial charge in [-0.1, -0.05) is 0 Å². The van der Waals surface area contributed by atoms with Gasteiger partial charge in [0.2, 0.25) is 0 Å². The van der Waals surface area contributed by atoms with Gasteiger partial charge < -0.3 is 15.0 Å². The number of fused-ring (bicyclic) bond motifs is 1. The second kappa shape index (κ2) is 6.51. The number of alkyl halides is 3. The Morgan fingerprint density at radius 1 is 1.24 bits per heavy atom. The maximum absolute atomic E-state index is 12.5. The molecular formula is C17H18F3N3O2. The van der Waals surface area contributed by atoms with E-state index in [4.69, 9.17) is 0 Å². The minimum atomic E-state index is -4.55. The summed E-state index contributed by atoms with van der Waals surface area (Å²) in [6.07, 6.45) is -0.555. The maximum atomic E-state index is 12.5. The van der Waals surface area contributed by atoms with E-state index in [0.717, 1.165) is 24.0 Å². The van der Waals surface area contributed by atoms with Crippen LogP contribution in [0.15, 0.2) is 35.5 Å². The van der Waals surface area contributed by atoms with Crippen molar-refractivity contribution in [2.75, 3.05) is 13.1 Å². The van der Waals surface area contributed by atoms with Gasteiger partial charge in [0, 0.05) is 18.8 Å². The summed E-state index contributed by atoms with van der Waals surface area (Å²) in [4.78, 5) is 15.6. The van der Waals surface area contributed by atoms with Crippen LogP contribution < -0.4 is 10.9 Å². The van der Waals surface area contributed by atoms with E-state index in [2.05, 4.69) is 10.3 Å². The molecule has 1 aromatic carbocycles. The molecule has 1 aromatic heterocycles. The lowest BCUT2D eigenvalue weighted by molar-refractivity contribution is -0.137. The highest BCUT2D eigenvalue weighted by Crippen LogP contribution is 2.40. The molecule has 2 atom stereocenters. The molecule has 1 aliphatic heterocycles. The molecule has 2 N–H and O–H groups in total. The molecule has 8 heteroatoms. The Hall–Kier alpha value is -2.35. The Morgan fingerprint density at radius 2 is 1.92 bits per heavy atom. The number of hydrogen-bond donors (Lipinski definition) is 2. The molecule has 4 rings (SSSR count). The number of rotatable bonds is 1. The maximum Gasteiger partial charge on any atom is 0.416 e. The van der Waals surface area contributed by atoms with Crippen LogP contribution in [0, 0.1) is 11.8 Å². The van der Waals surface area contributed by atoms with Crippen LogP contribution in [0.5, 0.6) is 5.75 Å². The minimum absolute atomic E-state index is 0.0155. The van der Waals surface area contributed by atoms with Crippen LogP contribution in [0.25, 0.3) is 11.1 Å². The molecule has 134 valence electrons. The van der Waals surface area contributed by atoms with E-state index in [1.165, 1.54) is 43.6 Å². The summed E-state index contributed by atoms with van der Waals surface area (Å²) in [5.74, 6) is 1.59. The van der Waals surface area contributed by atoms with E-state index in [0.29, 0.717) is 6.07 Å². The number of nitrogens with zero attached hydrogens (tertiary/aromatic N) is 2. The number of phenols is 1. The number of piperidine rings is 1. The third kappa shape index (κ3) is 3.84. The monoisotopic (exact) mass is 353 g/mol. The van der Waals surface area contributed by atoms with Crippen molar-refractivity contribution in [1.82, 2.24) is 14.9 Å². The Kier molecular flexibility index (Phi) is 4.55. The van der Waals surface area contributed by atoms with Crippen LogP contribution in [-0.2, 0) is 13.2 Å². The van der Waals surface area contributed by atoms with E-state index in [9.17, 15) is 23.1 Å². The predicted octanol–water partition coefficient (Wildman–Crippen LogP) is 2.40. The summed E-state index contributed by atoms with van der Waals surface area (Å²) in [5, 5.41) is 13.0. The molecule has 0 amide bonds. The molecule has 2 aliphatic rings. The number of hydrogen-bond acceptors (Lipinski definition) is 4. The number of phenolic OH excluding ortho intramolecular Hbond substituents is 1. The fourth-order valence-electron chi connectivity index (χ4n) is 2.89. The first-order valence-corrected chi connectivity index (χ1v) is 7.89. The summed E-state index contributed by atoms with van der Waals surface area (Å²) in [7, 11) is 1.46. The first-order valence-electron chi connectivity index (χ1n) is 7.89. The third-order valence-corrected chi connectivity index (χ3v) is 4.49. The Morgan fingerprint density at radius 3 is 2.40 bits per heavy atom. The highest BCUT2D eigenvalue weighted by Gasteiger charge is 2.40. The van der Waals surface area contributed by atoms with Gasteiger partial charge in [0.25, 0.3) is 5.56 Å². The van der Waals surface area contributed by atoms with Crippen molar-refractivity contribution in [2.45, 2.75) is 12.6 Å². The molecule has 25 heavy (non-hydrogen) atoms. The van der Waals surface area contributed by atoms with Gasteiger partial charge >= 0.3 is 6.18 Å². The molecule has 1 saturated heterocycles. The average Bonchev–Trinajstić information content (AvgIpc) is 3.16. The van der Waals surface area contributed by atoms with Crippen molar-refractivity contribution in [3.8, 4) is 16.9 Å². The van der Waals surface area contributed by atoms with E-state index in [1.807, 2.05) is 0 Å².